The van der Waals surface area contributed by atoms with Crippen LogP contribution in [0.25, 0.3) is 0 Å². The first-order chi connectivity index (χ1) is 9.47. The molecule has 0 spiro atoms. The Morgan fingerprint density at radius 1 is 1.50 bits per heavy atom. The van der Waals surface area contributed by atoms with Crippen molar-refractivity contribution in [1.29, 1.82) is 0 Å². The van der Waals surface area contributed by atoms with Crippen molar-refractivity contribution in [2.24, 2.45) is 0 Å². The minimum absolute atomic E-state index is 0.0544. The molecular formula is C12H20N4O4. The highest BCUT2D eigenvalue weighted by Gasteiger charge is 2.34. The first kappa shape index (κ1) is 14.6. The SMILES string of the molecule is COCCn1c(N)c(NCC2(O)CCC2)c(=O)[nH]c1=O. The highest BCUT2D eigenvalue weighted by Crippen LogP contribution is 2.31. The summed E-state index contributed by atoms with van der Waals surface area (Å²) in [7, 11) is 1.51. The van der Waals surface area contributed by atoms with E-state index in [0.29, 0.717) is 19.4 Å². The predicted octanol–water partition coefficient (Wildman–Crippen LogP) is -0.908. The molecule has 8 heteroatoms. The fraction of sp³-hybridized carbons (Fsp3) is 0.667. The molecule has 0 aromatic carbocycles. The zero-order chi connectivity index (χ0) is 14.8. The van der Waals surface area contributed by atoms with Gasteiger partial charge in [0.1, 0.15) is 11.5 Å². The first-order valence-electron chi connectivity index (χ1n) is 6.55. The number of ether oxygens (including phenoxy) is 1. The van der Waals surface area contributed by atoms with Gasteiger partial charge >= 0.3 is 5.69 Å². The summed E-state index contributed by atoms with van der Waals surface area (Å²) >= 11 is 0. The monoisotopic (exact) mass is 284 g/mol. The third-order valence-corrected chi connectivity index (χ3v) is 3.64. The number of hydrogen-bond acceptors (Lipinski definition) is 6. The van der Waals surface area contributed by atoms with Crippen molar-refractivity contribution in [1.82, 2.24) is 9.55 Å². The molecule has 8 nitrogen and oxygen atoms in total. The molecule has 1 aliphatic carbocycles. The summed E-state index contributed by atoms with van der Waals surface area (Å²) in [6.07, 6.45) is 2.36. The number of aliphatic hydroxyl groups is 1. The van der Waals surface area contributed by atoms with Crippen LogP contribution in [-0.2, 0) is 11.3 Å². The van der Waals surface area contributed by atoms with E-state index >= 15 is 0 Å². The Balaban J connectivity index is 2.22. The number of nitrogens with two attached hydrogens (primary N) is 1. The third-order valence-electron chi connectivity index (χ3n) is 3.64. The molecule has 1 saturated carbocycles. The Labute approximate surface area is 115 Å². The van der Waals surface area contributed by atoms with Crippen molar-refractivity contribution in [2.45, 2.75) is 31.4 Å². The van der Waals surface area contributed by atoms with E-state index in [4.69, 9.17) is 10.5 Å². The molecule has 112 valence electrons. The average Bonchev–Trinajstić information content (AvgIpc) is 2.36. The lowest BCUT2D eigenvalue weighted by atomic mass is 9.80. The summed E-state index contributed by atoms with van der Waals surface area (Å²) in [6.45, 7) is 0.791. The maximum absolute atomic E-state index is 11.8. The normalized spacial score (nSPS) is 16.7. The number of rotatable bonds is 6. The van der Waals surface area contributed by atoms with Crippen LogP contribution in [0.5, 0.6) is 0 Å². The summed E-state index contributed by atoms with van der Waals surface area (Å²) in [6, 6.07) is 0. The summed E-state index contributed by atoms with van der Waals surface area (Å²) in [5.41, 5.74) is 4.03. The van der Waals surface area contributed by atoms with E-state index in [-0.39, 0.29) is 24.6 Å². The van der Waals surface area contributed by atoms with Crippen molar-refractivity contribution in [2.75, 3.05) is 31.3 Å². The van der Waals surface area contributed by atoms with E-state index < -0.39 is 16.9 Å². The van der Waals surface area contributed by atoms with Gasteiger partial charge in [0.25, 0.3) is 5.56 Å². The fourth-order valence-corrected chi connectivity index (χ4v) is 2.18. The molecule has 1 aromatic rings. The van der Waals surface area contributed by atoms with Crippen LogP contribution in [0.4, 0.5) is 11.5 Å². The van der Waals surface area contributed by atoms with Gasteiger partial charge in [-0.15, -0.1) is 0 Å². The number of nitrogens with zero attached hydrogens (tertiary/aromatic N) is 1. The Hall–Kier alpha value is -1.80. The number of nitrogen functional groups attached to an aromatic ring is 1. The maximum atomic E-state index is 11.8. The van der Waals surface area contributed by atoms with Crippen LogP contribution in [0.1, 0.15) is 19.3 Å². The van der Waals surface area contributed by atoms with Crippen molar-refractivity contribution in [3.8, 4) is 0 Å². The van der Waals surface area contributed by atoms with Crippen molar-refractivity contribution in [3.63, 3.8) is 0 Å². The van der Waals surface area contributed by atoms with E-state index in [1.54, 1.807) is 0 Å². The van der Waals surface area contributed by atoms with Crippen LogP contribution in [0, 0.1) is 0 Å². The molecule has 0 amide bonds. The number of methoxy groups -OCH3 is 1. The standard InChI is InChI=1S/C12H20N4O4/c1-20-6-5-16-9(13)8(10(17)15-11(16)18)14-7-12(19)3-2-4-12/h14,19H,2-7,13H2,1H3,(H,15,17,18). The summed E-state index contributed by atoms with van der Waals surface area (Å²) in [5, 5.41) is 12.9. The molecule has 2 rings (SSSR count). The molecular weight excluding hydrogens is 264 g/mol. The zero-order valence-corrected chi connectivity index (χ0v) is 11.4. The van der Waals surface area contributed by atoms with Crippen molar-refractivity contribution in [3.05, 3.63) is 20.8 Å². The first-order valence-corrected chi connectivity index (χ1v) is 6.55. The van der Waals surface area contributed by atoms with E-state index in [2.05, 4.69) is 10.3 Å². The molecule has 1 fully saturated rings. The lowest BCUT2D eigenvalue weighted by molar-refractivity contribution is -0.0202. The molecule has 0 aliphatic heterocycles. The molecule has 0 bridgehead atoms. The maximum Gasteiger partial charge on any atom is 0.330 e. The van der Waals surface area contributed by atoms with Gasteiger partial charge in [0.2, 0.25) is 0 Å². The molecule has 5 N–H and O–H groups in total. The van der Waals surface area contributed by atoms with E-state index in [1.165, 1.54) is 11.7 Å². The minimum atomic E-state index is -0.785. The van der Waals surface area contributed by atoms with Crippen LogP contribution >= 0.6 is 0 Å². The number of H-pyrrole nitrogens is 1. The van der Waals surface area contributed by atoms with Crippen molar-refractivity contribution < 1.29 is 9.84 Å². The van der Waals surface area contributed by atoms with Gasteiger partial charge in [0.05, 0.1) is 18.8 Å². The third kappa shape index (κ3) is 2.86. The summed E-state index contributed by atoms with van der Waals surface area (Å²) in [4.78, 5) is 25.7. The molecule has 0 saturated heterocycles. The highest BCUT2D eigenvalue weighted by molar-refractivity contribution is 5.60. The van der Waals surface area contributed by atoms with Gasteiger partial charge in [-0.3, -0.25) is 14.3 Å². The van der Waals surface area contributed by atoms with Gasteiger partial charge in [-0.25, -0.2) is 4.79 Å². The molecule has 0 unspecified atom stereocenters. The largest absolute Gasteiger partial charge is 0.388 e. The van der Waals surface area contributed by atoms with Gasteiger partial charge in [0, 0.05) is 13.7 Å². The topological polar surface area (TPSA) is 122 Å². The molecule has 1 aliphatic rings. The number of anilines is 2. The lowest BCUT2D eigenvalue weighted by Gasteiger charge is -2.36. The van der Waals surface area contributed by atoms with Crippen LogP contribution in [0.15, 0.2) is 9.59 Å². The average molecular weight is 284 g/mol. The molecule has 0 radical (unpaired) electrons. The molecule has 1 heterocycles. The summed E-state index contributed by atoms with van der Waals surface area (Å²) < 4.78 is 6.13. The Bertz CT molecular complexity index is 588. The second kappa shape index (κ2) is 5.68. The number of hydrogen-bond donors (Lipinski definition) is 4. The van der Waals surface area contributed by atoms with Crippen molar-refractivity contribution >= 4 is 11.5 Å². The molecule has 20 heavy (non-hydrogen) atoms. The van der Waals surface area contributed by atoms with Gasteiger partial charge in [-0.2, -0.15) is 0 Å². The zero-order valence-electron chi connectivity index (χ0n) is 11.4. The smallest absolute Gasteiger partial charge is 0.330 e. The lowest BCUT2D eigenvalue weighted by Crippen LogP contribution is -2.45. The van der Waals surface area contributed by atoms with Gasteiger partial charge in [0.15, 0.2) is 0 Å². The van der Waals surface area contributed by atoms with E-state index in [9.17, 15) is 14.7 Å². The second-order valence-corrected chi connectivity index (χ2v) is 5.10. The number of nitrogens with one attached hydrogen (secondary N) is 2. The minimum Gasteiger partial charge on any atom is -0.388 e. The number of aromatic amines is 1. The highest BCUT2D eigenvalue weighted by atomic mass is 16.5. The van der Waals surface area contributed by atoms with Crippen LogP contribution < -0.4 is 22.3 Å². The predicted molar refractivity (Wildman–Crippen MR) is 74.9 cm³/mol. The van der Waals surface area contributed by atoms with Crippen LogP contribution in [0.3, 0.4) is 0 Å². The van der Waals surface area contributed by atoms with Crippen LogP contribution in [-0.4, -0.2) is 40.5 Å². The second-order valence-electron chi connectivity index (χ2n) is 5.10. The van der Waals surface area contributed by atoms with Gasteiger partial charge in [-0.1, -0.05) is 0 Å². The number of aromatic nitrogens is 2. The van der Waals surface area contributed by atoms with Crippen LogP contribution in [0.2, 0.25) is 0 Å². The quantitative estimate of drug-likeness (QED) is 0.536. The van der Waals surface area contributed by atoms with E-state index in [0.717, 1.165) is 6.42 Å². The molecule has 0 atom stereocenters. The molecule has 1 aromatic heterocycles. The summed E-state index contributed by atoms with van der Waals surface area (Å²) in [5.74, 6) is 0.0544. The Kier molecular flexibility index (Phi) is 4.15. The Morgan fingerprint density at radius 2 is 2.20 bits per heavy atom. The van der Waals surface area contributed by atoms with Gasteiger partial charge < -0.3 is 20.9 Å². The van der Waals surface area contributed by atoms with Gasteiger partial charge in [-0.05, 0) is 19.3 Å². The van der Waals surface area contributed by atoms with E-state index in [1.807, 2.05) is 0 Å². The fourth-order valence-electron chi connectivity index (χ4n) is 2.18. The Morgan fingerprint density at radius 3 is 2.75 bits per heavy atom.